The first-order chi connectivity index (χ1) is 13.2. The highest BCUT2D eigenvalue weighted by molar-refractivity contribution is 5.95. The van der Waals surface area contributed by atoms with Gasteiger partial charge in [-0.2, -0.15) is 0 Å². The predicted octanol–water partition coefficient (Wildman–Crippen LogP) is 3.90. The van der Waals surface area contributed by atoms with E-state index in [9.17, 15) is 14.7 Å². The average Bonchev–Trinajstić information content (AvgIpc) is 2.66. The first-order valence-electron chi connectivity index (χ1n) is 9.64. The summed E-state index contributed by atoms with van der Waals surface area (Å²) < 4.78 is 0. The summed E-state index contributed by atoms with van der Waals surface area (Å²) in [6.45, 7) is 9.04. The van der Waals surface area contributed by atoms with Crippen LogP contribution in [0.15, 0.2) is 30.3 Å². The number of carboxylic acid groups (broad SMARTS) is 1. The van der Waals surface area contributed by atoms with E-state index in [1.54, 1.807) is 18.2 Å². The van der Waals surface area contributed by atoms with E-state index >= 15 is 0 Å². The van der Waals surface area contributed by atoms with Crippen molar-refractivity contribution >= 4 is 11.9 Å². The van der Waals surface area contributed by atoms with Gasteiger partial charge in [-0.15, -0.1) is 0 Å². The summed E-state index contributed by atoms with van der Waals surface area (Å²) >= 11 is 0. The number of hydrogen-bond acceptors (Lipinski definition) is 4. The number of aromatic carboxylic acids is 1. The Morgan fingerprint density at radius 1 is 1.18 bits per heavy atom. The molecule has 148 valence electrons. The van der Waals surface area contributed by atoms with Gasteiger partial charge in [-0.1, -0.05) is 39.0 Å². The number of amides is 1. The third-order valence-electron chi connectivity index (χ3n) is 5.02. The Balaban J connectivity index is 1.94. The highest BCUT2D eigenvalue weighted by Crippen LogP contribution is 2.30. The number of hydrogen-bond donors (Lipinski definition) is 1. The summed E-state index contributed by atoms with van der Waals surface area (Å²) in [5.74, 6) is -0.105. The fourth-order valence-electron chi connectivity index (χ4n) is 3.65. The molecule has 1 aliphatic rings. The lowest BCUT2D eigenvalue weighted by Gasteiger charge is -2.36. The molecule has 2 heterocycles. The summed E-state index contributed by atoms with van der Waals surface area (Å²) in [5.41, 5.74) is 1.79. The van der Waals surface area contributed by atoms with Crippen LogP contribution in [0.3, 0.4) is 0 Å². The summed E-state index contributed by atoms with van der Waals surface area (Å²) in [4.78, 5) is 35.5. The standard InChI is InChI=1S/C22H27N3O3/c1-14-12-18(16-9-5-6-10-17(16)20(26)27)24-19(23-14)15-8-7-11-25(13-15)21(28)22(2,3)4/h5-6,9-10,12,15H,7-8,11,13H2,1-4H3,(H,26,27)/t15-/m0/s1. The number of likely N-dealkylation sites (tertiary alicyclic amines) is 1. The monoisotopic (exact) mass is 381 g/mol. The molecule has 0 spiro atoms. The number of aryl methyl sites for hydroxylation is 1. The van der Waals surface area contributed by atoms with Gasteiger partial charge < -0.3 is 10.0 Å². The van der Waals surface area contributed by atoms with Gasteiger partial charge in [0.1, 0.15) is 5.82 Å². The summed E-state index contributed by atoms with van der Waals surface area (Å²) in [5, 5.41) is 9.50. The molecule has 0 aliphatic carbocycles. The molecule has 1 aromatic carbocycles. The fraction of sp³-hybridized carbons (Fsp3) is 0.455. The topological polar surface area (TPSA) is 83.4 Å². The maximum atomic E-state index is 12.7. The molecule has 1 aromatic heterocycles. The molecular formula is C22H27N3O3. The van der Waals surface area contributed by atoms with E-state index in [1.807, 2.05) is 44.7 Å². The number of carbonyl (C=O) groups excluding carboxylic acids is 1. The molecule has 1 N–H and O–H groups in total. The smallest absolute Gasteiger partial charge is 0.336 e. The highest BCUT2D eigenvalue weighted by atomic mass is 16.4. The number of carbonyl (C=O) groups is 2. The van der Waals surface area contributed by atoms with Crippen molar-refractivity contribution in [3.8, 4) is 11.3 Å². The molecule has 0 radical (unpaired) electrons. The van der Waals surface area contributed by atoms with Gasteiger partial charge in [0.25, 0.3) is 0 Å². The predicted molar refractivity (Wildman–Crippen MR) is 107 cm³/mol. The van der Waals surface area contributed by atoms with Crippen LogP contribution in [0.4, 0.5) is 0 Å². The molecule has 6 nitrogen and oxygen atoms in total. The normalized spacial score (nSPS) is 17.4. The van der Waals surface area contributed by atoms with Crippen LogP contribution >= 0.6 is 0 Å². The maximum Gasteiger partial charge on any atom is 0.336 e. The molecule has 6 heteroatoms. The molecule has 0 bridgehead atoms. The molecule has 1 saturated heterocycles. The van der Waals surface area contributed by atoms with E-state index in [0.717, 1.165) is 25.1 Å². The van der Waals surface area contributed by atoms with Gasteiger partial charge in [0.05, 0.1) is 11.3 Å². The zero-order valence-electron chi connectivity index (χ0n) is 16.9. The lowest BCUT2D eigenvalue weighted by atomic mass is 9.90. The van der Waals surface area contributed by atoms with E-state index < -0.39 is 11.4 Å². The number of nitrogens with zero attached hydrogens (tertiary/aromatic N) is 3. The van der Waals surface area contributed by atoms with Crippen molar-refractivity contribution in [3.63, 3.8) is 0 Å². The molecule has 0 unspecified atom stereocenters. The maximum absolute atomic E-state index is 12.7. The minimum absolute atomic E-state index is 0.0516. The third-order valence-corrected chi connectivity index (χ3v) is 5.02. The summed E-state index contributed by atoms with van der Waals surface area (Å²) in [6, 6.07) is 8.68. The Morgan fingerprint density at radius 2 is 1.89 bits per heavy atom. The van der Waals surface area contributed by atoms with Gasteiger partial charge >= 0.3 is 5.97 Å². The van der Waals surface area contributed by atoms with Crippen LogP contribution in [-0.2, 0) is 4.79 Å². The van der Waals surface area contributed by atoms with Crippen molar-refractivity contribution in [2.24, 2.45) is 5.41 Å². The van der Waals surface area contributed by atoms with Crippen LogP contribution in [0.25, 0.3) is 11.3 Å². The number of aromatic nitrogens is 2. The van der Waals surface area contributed by atoms with Crippen LogP contribution in [0.5, 0.6) is 0 Å². The molecule has 2 aromatic rings. The van der Waals surface area contributed by atoms with Crippen molar-refractivity contribution in [2.75, 3.05) is 13.1 Å². The molecule has 3 rings (SSSR count). The van der Waals surface area contributed by atoms with Gasteiger partial charge in [0, 0.05) is 35.7 Å². The van der Waals surface area contributed by atoms with Gasteiger partial charge in [-0.3, -0.25) is 4.79 Å². The van der Waals surface area contributed by atoms with Crippen LogP contribution < -0.4 is 0 Å². The molecule has 0 saturated carbocycles. The van der Waals surface area contributed by atoms with E-state index in [2.05, 4.69) is 4.98 Å². The van der Waals surface area contributed by atoms with Crippen LogP contribution in [0, 0.1) is 12.3 Å². The Bertz CT molecular complexity index is 902. The lowest BCUT2D eigenvalue weighted by Crippen LogP contribution is -2.44. The Labute approximate surface area is 165 Å². The van der Waals surface area contributed by atoms with Gasteiger partial charge in [0.2, 0.25) is 5.91 Å². The quantitative estimate of drug-likeness (QED) is 0.872. The Hall–Kier alpha value is -2.76. The van der Waals surface area contributed by atoms with E-state index in [-0.39, 0.29) is 17.4 Å². The number of carboxylic acids is 1. The SMILES string of the molecule is Cc1cc(-c2ccccc2C(=O)O)nc([C@H]2CCCN(C(=O)C(C)(C)C)C2)n1. The largest absolute Gasteiger partial charge is 0.478 e. The minimum atomic E-state index is -0.979. The van der Waals surface area contributed by atoms with E-state index in [4.69, 9.17) is 4.98 Å². The Morgan fingerprint density at radius 3 is 2.57 bits per heavy atom. The highest BCUT2D eigenvalue weighted by Gasteiger charge is 2.32. The zero-order valence-corrected chi connectivity index (χ0v) is 16.9. The zero-order chi connectivity index (χ0) is 20.5. The fourth-order valence-corrected chi connectivity index (χ4v) is 3.65. The molecule has 1 atom stereocenters. The van der Waals surface area contributed by atoms with Gasteiger partial charge in [-0.25, -0.2) is 14.8 Å². The first-order valence-corrected chi connectivity index (χ1v) is 9.64. The van der Waals surface area contributed by atoms with Crippen LogP contribution in [0.1, 0.15) is 61.4 Å². The lowest BCUT2D eigenvalue weighted by molar-refractivity contribution is -0.140. The molecule has 1 aliphatic heterocycles. The first kappa shape index (κ1) is 20.0. The van der Waals surface area contributed by atoms with Crippen molar-refractivity contribution in [1.29, 1.82) is 0 Å². The van der Waals surface area contributed by atoms with Crippen molar-refractivity contribution in [3.05, 3.63) is 47.4 Å². The van der Waals surface area contributed by atoms with Crippen molar-refractivity contribution in [1.82, 2.24) is 14.9 Å². The number of piperidine rings is 1. The molecule has 1 fully saturated rings. The van der Waals surface area contributed by atoms with Crippen LogP contribution in [0.2, 0.25) is 0 Å². The molecule has 28 heavy (non-hydrogen) atoms. The third kappa shape index (κ3) is 4.21. The molecular weight excluding hydrogens is 354 g/mol. The number of benzene rings is 1. The number of rotatable bonds is 3. The summed E-state index contributed by atoms with van der Waals surface area (Å²) in [6.07, 6.45) is 1.82. The second-order valence-electron chi connectivity index (χ2n) is 8.44. The second-order valence-corrected chi connectivity index (χ2v) is 8.44. The van der Waals surface area contributed by atoms with E-state index in [1.165, 1.54) is 0 Å². The second kappa shape index (κ2) is 7.70. The van der Waals surface area contributed by atoms with E-state index in [0.29, 0.717) is 23.6 Å². The molecule has 1 amide bonds. The van der Waals surface area contributed by atoms with Gasteiger partial charge in [0.15, 0.2) is 0 Å². The Kier molecular flexibility index (Phi) is 5.49. The van der Waals surface area contributed by atoms with Crippen molar-refractivity contribution in [2.45, 2.75) is 46.5 Å². The van der Waals surface area contributed by atoms with Crippen molar-refractivity contribution < 1.29 is 14.7 Å². The summed E-state index contributed by atoms with van der Waals surface area (Å²) in [7, 11) is 0. The average molecular weight is 381 g/mol. The van der Waals surface area contributed by atoms with Gasteiger partial charge in [-0.05, 0) is 31.9 Å². The van der Waals surface area contributed by atoms with Crippen LogP contribution in [-0.4, -0.2) is 44.9 Å². The minimum Gasteiger partial charge on any atom is -0.478 e.